The fraction of sp³-hybridized carbons (Fsp3) is 0.471. The van der Waals surface area contributed by atoms with E-state index in [1.165, 1.54) is 10.4 Å². The van der Waals surface area contributed by atoms with Gasteiger partial charge in [-0.25, -0.2) is 27.8 Å². The average molecular weight is 1010 g/mol. The second-order valence-corrected chi connectivity index (χ2v) is 21.5. The number of hydrogen-bond acceptors (Lipinski definition) is 12. The lowest BCUT2D eigenvalue weighted by atomic mass is 10.0. The van der Waals surface area contributed by atoms with Gasteiger partial charge in [0.25, 0.3) is 0 Å². The first kappa shape index (κ1) is 54.3. The number of nitrogens with two attached hydrogens (primary N) is 1. The highest BCUT2D eigenvalue weighted by molar-refractivity contribution is 7.89. The summed E-state index contributed by atoms with van der Waals surface area (Å²) in [6.45, 7) is 13.0. The molecule has 6 rings (SSSR count). The number of aliphatic imine (C=N–C) groups is 1. The number of carboxylic acid groups (broad SMARTS) is 1. The van der Waals surface area contributed by atoms with Gasteiger partial charge in [-0.15, -0.1) is 0 Å². The molecule has 72 heavy (non-hydrogen) atoms. The Morgan fingerprint density at radius 2 is 1.67 bits per heavy atom. The first-order chi connectivity index (χ1) is 34.1. The van der Waals surface area contributed by atoms with E-state index in [1.807, 2.05) is 25.1 Å². The molecule has 3 aliphatic heterocycles. The molecule has 3 aromatic carbocycles. The van der Waals surface area contributed by atoms with Crippen molar-refractivity contribution in [3.05, 3.63) is 83.4 Å². The van der Waals surface area contributed by atoms with E-state index in [0.717, 1.165) is 11.3 Å². The number of sulfonamides is 1. The molecule has 2 atom stereocenters. The van der Waals surface area contributed by atoms with Crippen molar-refractivity contribution in [2.45, 2.75) is 103 Å². The third-order valence-corrected chi connectivity index (χ3v) is 14.1. The molecule has 21 heteroatoms. The zero-order valence-electron chi connectivity index (χ0n) is 41.7. The van der Waals surface area contributed by atoms with Crippen LogP contribution in [0.2, 0.25) is 0 Å². The Hall–Kier alpha value is -7.00. The molecular formula is C51H67N9O11S. The largest absolute Gasteiger partial charge is 0.465 e. The highest BCUT2D eigenvalue weighted by Gasteiger charge is 2.38. The molecular weight excluding hydrogens is 947 g/mol. The van der Waals surface area contributed by atoms with E-state index in [-0.39, 0.29) is 67.7 Å². The van der Waals surface area contributed by atoms with Crippen molar-refractivity contribution < 1.29 is 51.8 Å². The molecule has 0 spiro atoms. The molecule has 388 valence electrons. The van der Waals surface area contributed by atoms with E-state index >= 15 is 0 Å². The predicted octanol–water partition coefficient (Wildman–Crippen LogP) is 6.05. The van der Waals surface area contributed by atoms with Gasteiger partial charge in [-0.3, -0.25) is 19.3 Å². The van der Waals surface area contributed by atoms with Crippen LogP contribution in [0.4, 0.5) is 25.8 Å². The number of rotatable bonds is 19. The smallest absolute Gasteiger partial charge is 0.407 e. The number of amidine groups is 1. The second kappa shape index (κ2) is 23.9. The molecule has 7 N–H and O–H groups in total. The highest BCUT2D eigenvalue weighted by Crippen LogP contribution is 2.34. The van der Waals surface area contributed by atoms with Gasteiger partial charge in [-0.2, -0.15) is 4.31 Å². The van der Waals surface area contributed by atoms with E-state index in [1.54, 1.807) is 88.1 Å². The molecule has 3 heterocycles. The number of amides is 6. The fourth-order valence-electron chi connectivity index (χ4n) is 8.49. The van der Waals surface area contributed by atoms with Crippen LogP contribution in [0.5, 0.6) is 0 Å². The summed E-state index contributed by atoms with van der Waals surface area (Å²) >= 11 is 0. The average Bonchev–Trinajstić information content (AvgIpc) is 3.75. The number of carbonyl (C=O) groups is 6. The lowest BCUT2D eigenvalue weighted by Gasteiger charge is -2.38. The standard InChI is InChI=1S/C51H67N9O11S/c1-7-21-58(22-10-20-53-49(65)71-51(4,5)6)47(63)38-24-37-17-16-36(26-41(37)56-43(52)27-38)35-11-8-12-40(25-35)72(68,69)59-29-34(30-59)28-54-48(64)70-31-33-14-18-39(19-15-33)55-46(62)44(32(2)3)57-45(61)42-13-9-23-60(42)50(66)67/h8,11-12,14-19,24-26,32,34,42,44H,7,9-10,13,20-23,27-31H2,1-6H3,(H2,52,56)(H,53,65)(H,54,64)(H,55,62)(H,57,61)(H,66,67)/t42-,44?/m0/s1. The van der Waals surface area contributed by atoms with Gasteiger partial charge in [0, 0.05) is 75.0 Å². The van der Waals surface area contributed by atoms with E-state index in [0.29, 0.717) is 78.1 Å². The van der Waals surface area contributed by atoms with Crippen molar-refractivity contribution in [3.63, 3.8) is 0 Å². The SMILES string of the molecule is CCCN(CCCNC(=O)OC(C)(C)C)C(=O)C1=Cc2ccc(-c3cccc(S(=O)(=O)N4CC(CNC(=O)OCc5ccc(NC(=O)C(NC(=O)[C@@H]6CCCN6C(=O)O)C(C)C)cc5)C4)c3)cc2N=C(N)C1. The zero-order valence-corrected chi connectivity index (χ0v) is 42.6. The molecule has 6 amide bonds. The topological polar surface area (TPSA) is 271 Å². The number of fused-ring (bicyclic) bond motifs is 1. The first-order valence-electron chi connectivity index (χ1n) is 24.3. The number of nitrogens with one attached hydrogen (secondary N) is 4. The molecule has 2 fully saturated rings. The van der Waals surface area contributed by atoms with Crippen LogP contribution in [0.25, 0.3) is 17.2 Å². The first-order valence-corrected chi connectivity index (χ1v) is 25.7. The van der Waals surface area contributed by atoms with E-state index < -0.39 is 57.8 Å². The quantitative estimate of drug-likeness (QED) is 0.0750. The Morgan fingerprint density at radius 1 is 0.944 bits per heavy atom. The number of likely N-dealkylation sites (tertiary alicyclic amines) is 1. The van der Waals surface area contributed by atoms with Gasteiger partial charge in [0.2, 0.25) is 27.7 Å². The van der Waals surface area contributed by atoms with Crippen LogP contribution < -0.4 is 27.0 Å². The fourth-order valence-corrected chi connectivity index (χ4v) is 10.1. The molecule has 0 bridgehead atoms. The van der Waals surface area contributed by atoms with E-state index in [2.05, 4.69) is 26.3 Å². The second-order valence-electron chi connectivity index (χ2n) is 19.5. The maximum absolute atomic E-state index is 13.8. The van der Waals surface area contributed by atoms with Gasteiger partial charge in [-0.05, 0) is 105 Å². The van der Waals surface area contributed by atoms with Crippen molar-refractivity contribution >= 4 is 69.3 Å². The number of benzene rings is 3. The Morgan fingerprint density at radius 3 is 2.35 bits per heavy atom. The summed E-state index contributed by atoms with van der Waals surface area (Å²) in [7, 11) is -3.87. The molecule has 3 aliphatic rings. The van der Waals surface area contributed by atoms with Crippen molar-refractivity contribution in [3.8, 4) is 11.1 Å². The van der Waals surface area contributed by atoms with Crippen molar-refractivity contribution in [2.24, 2.45) is 22.6 Å². The number of carbonyl (C=O) groups excluding carboxylic acids is 5. The van der Waals surface area contributed by atoms with Crippen LogP contribution in [0.1, 0.15) is 84.8 Å². The molecule has 1 unspecified atom stereocenters. The molecule has 0 saturated carbocycles. The third kappa shape index (κ3) is 14.6. The van der Waals surface area contributed by atoms with E-state index in [9.17, 15) is 42.3 Å². The number of ether oxygens (including phenoxy) is 2. The summed E-state index contributed by atoms with van der Waals surface area (Å²) in [4.78, 5) is 83.6. The number of anilines is 1. The van der Waals surface area contributed by atoms with Gasteiger partial charge in [0.15, 0.2) is 0 Å². The highest BCUT2D eigenvalue weighted by atomic mass is 32.2. The van der Waals surface area contributed by atoms with Gasteiger partial charge >= 0.3 is 18.3 Å². The third-order valence-electron chi connectivity index (χ3n) is 12.2. The van der Waals surface area contributed by atoms with Crippen LogP contribution in [-0.4, -0.2) is 133 Å². The number of nitrogens with zero attached hydrogens (tertiary/aromatic N) is 4. The summed E-state index contributed by atoms with van der Waals surface area (Å²) in [6, 6.07) is 17.0. The minimum atomic E-state index is -3.87. The maximum Gasteiger partial charge on any atom is 0.407 e. The summed E-state index contributed by atoms with van der Waals surface area (Å²) in [5.74, 6) is -1.30. The normalized spacial score (nSPS) is 16.5. The van der Waals surface area contributed by atoms with Crippen LogP contribution in [0.15, 0.2) is 82.2 Å². The van der Waals surface area contributed by atoms with Gasteiger partial charge in [-0.1, -0.05) is 57.2 Å². The minimum absolute atomic E-state index is 0.0634. The number of hydrogen-bond donors (Lipinski definition) is 6. The molecule has 0 aliphatic carbocycles. The lowest BCUT2D eigenvalue weighted by Crippen LogP contribution is -2.53. The molecule has 2 saturated heterocycles. The van der Waals surface area contributed by atoms with Gasteiger partial charge < -0.3 is 46.5 Å². The monoisotopic (exact) mass is 1010 g/mol. The van der Waals surface area contributed by atoms with Crippen LogP contribution in [-0.2, 0) is 40.5 Å². The Balaban J connectivity index is 0.964. The Bertz CT molecular complexity index is 2660. The van der Waals surface area contributed by atoms with Gasteiger partial charge in [0.05, 0.1) is 10.6 Å². The molecule has 0 radical (unpaired) electrons. The van der Waals surface area contributed by atoms with E-state index in [4.69, 9.17) is 15.2 Å². The summed E-state index contributed by atoms with van der Waals surface area (Å²) < 4.78 is 39.5. The molecule has 3 aromatic rings. The van der Waals surface area contributed by atoms with Crippen LogP contribution >= 0.6 is 0 Å². The van der Waals surface area contributed by atoms with Crippen molar-refractivity contribution in [2.75, 3.05) is 51.1 Å². The molecule has 20 nitrogen and oxygen atoms in total. The van der Waals surface area contributed by atoms with Crippen molar-refractivity contribution in [1.82, 2.24) is 30.1 Å². The molecule has 0 aromatic heterocycles. The Kier molecular flexibility index (Phi) is 18.1. The minimum Gasteiger partial charge on any atom is -0.465 e. The van der Waals surface area contributed by atoms with Crippen LogP contribution in [0, 0.1) is 11.8 Å². The maximum atomic E-state index is 13.8. The zero-order chi connectivity index (χ0) is 52.3. The summed E-state index contributed by atoms with van der Waals surface area (Å²) in [5.41, 5.74) is 9.90. The van der Waals surface area contributed by atoms with Crippen LogP contribution in [0.3, 0.4) is 0 Å². The van der Waals surface area contributed by atoms with Gasteiger partial charge in [0.1, 0.15) is 30.1 Å². The summed E-state index contributed by atoms with van der Waals surface area (Å²) in [5, 5.41) is 20.3. The summed E-state index contributed by atoms with van der Waals surface area (Å²) in [6.07, 6.45) is 1.79. The lowest BCUT2D eigenvalue weighted by molar-refractivity contribution is -0.130. The number of alkyl carbamates (subject to hydrolysis) is 2. The predicted molar refractivity (Wildman–Crippen MR) is 272 cm³/mol. The Labute approximate surface area is 420 Å². The van der Waals surface area contributed by atoms with Crippen molar-refractivity contribution in [1.29, 1.82) is 0 Å².